The number of nitrogen functional groups attached to an aromatic ring is 1. The second kappa shape index (κ2) is 5.71. The third kappa shape index (κ3) is 3.05. The summed E-state index contributed by atoms with van der Waals surface area (Å²) in [7, 11) is -3.79. The summed E-state index contributed by atoms with van der Waals surface area (Å²) in [4.78, 5) is -0.186. The van der Waals surface area contributed by atoms with Gasteiger partial charge in [-0.2, -0.15) is 11.8 Å². The van der Waals surface area contributed by atoms with Crippen LogP contribution in [0.3, 0.4) is 0 Å². The van der Waals surface area contributed by atoms with Crippen LogP contribution in [0.4, 0.5) is 10.1 Å². The summed E-state index contributed by atoms with van der Waals surface area (Å²) in [6, 6.07) is 1.96. The number of rotatable bonds is 5. The Balaban J connectivity index is 2.20. The van der Waals surface area contributed by atoms with E-state index in [1.807, 2.05) is 6.26 Å². The van der Waals surface area contributed by atoms with Crippen LogP contribution in [0.2, 0.25) is 5.02 Å². The molecule has 0 spiro atoms. The maximum Gasteiger partial charge on any atom is 0.242 e. The van der Waals surface area contributed by atoms with Crippen LogP contribution in [-0.4, -0.2) is 26.0 Å². The lowest BCUT2D eigenvalue weighted by molar-refractivity contribution is 0.362. The van der Waals surface area contributed by atoms with E-state index in [1.54, 1.807) is 11.8 Å². The Hall–Kier alpha value is -0.500. The number of thioether (sulfide) groups is 1. The molecule has 0 aliphatic heterocycles. The smallest absolute Gasteiger partial charge is 0.242 e. The van der Waals surface area contributed by atoms with Crippen molar-refractivity contribution in [3.05, 3.63) is 23.0 Å². The third-order valence-corrected chi connectivity index (χ3v) is 6.91. The molecular formula is C12H16ClFN2O2S2. The maximum absolute atomic E-state index is 13.2. The molecule has 1 aromatic rings. The van der Waals surface area contributed by atoms with Gasteiger partial charge in [-0.15, -0.1) is 0 Å². The van der Waals surface area contributed by atoms with E-state index >= 15 is 0 Å². The fraction of sp³-hybridized carbons (Fsp3) is 0.500. The first kappa shape index (κ1) is 15.9. The standard InChI is InChI=1S/C12H16ClFN2O2S2/c1-19-12(3-2-4-12)7-16-20(17,18)11-6-10(15)9(14)5-8(11)13/h5-6,16H,2-4,7,15H2,1H3. The summed E-state index contributed by atoms with van der Waals surface area (Å²) >= 11 is 7.46. The van der Waals surface area contributed by atoms with Gasteiger partial charge >= 0.3 is 0 Å². The lowest BCUT2D eigenvalue weighted by atomic mass is 9.84. The highest BCUT2D eigenvalue weighted by Gasteiger charge is 2.37. The number of benzene rings is 1. The van der Waals surface area contributed by atoms with Crippen LogP contribution in [0.1, 0.15) is 19.3 Å². The van der Waals surface area contributed by atoms with Gasteiger partial charge < -0.3 is 5.73 Å². The van der Waals surface area contributed by atoms with E-state index in [9.17, 15) is 12.8 Å². The topological polar surface area (TPSA) is 72.2 Å². The first-order valence-corrected chi connectivity index (χ1v) is 9.18. The van der Waals surface area contributed by atoms with Crippen LogP contribution < -0.4 is 10.5 Å². The molecule has 1 aromatic carbocycles. The van der Waals surface area contributed by atoms with Crippen molar-refractivity contribution in [3.8, 4) is 0 Å². The fourth-order valence-corrected chi connectivity index (χ4v) is 4.76. The fourth-order valence-electron chi connectivity index (χ4n) is 2.08. The van der Waals surface area contributed by atoms with Gasteiger partial charge in [-0.3, -0.25) is 0 Å². The van der Waals surface area contributed by atoms with E-state index in [4.69, 9.17) is 17.3 Å². The average Bonchev–Trinajstić information content (AvgIpc) is 2.32. The monoisotopic (exact) mass is 338 g/mol. The minimum absolute atomic E-state index is 0.0366. The van der Waals surface area contributed by atoms with Gasteiger partial charge in [0.25, 0.3) is 0 Å². The van der Waals surface area contributed by atoms with Crippen LogP contribution in [0.5, 0.6) is 0 Å². The van der Waals surface area contributed by atoms with Crippen molar-refractivity contribution >= 4 is 39.1 Å². The molecule has 1 saturated carbocycles. The average molecular weight is 339 g/mol. The predicted molar refractivity (Wildman–Crippen MR) is 81.1 cm³/mol. The van der Waals surface area contributed by atoms with Gasteiger partial charge in [0.15, 0.2) is 0 Å². The van der Waals surface area contributed by atoms with Gasteiger partial charge in [-0.05, 0) is 31.2 Å². The zero-order valence-electron chi connectivity index (χ0n) is 10.9. The molecule has 112 valence electrons. The number of nitrogens with one attached hydrogen (secondary N) is 1. The molecule has 0 amide bonds. The van der Waals surface area contributed by atoms with E-state index in [1.165, 1.54) is 0 Å². The molecule has 0 atom stereocenters. The van der Waals surface area contributed by atoms with E-state index in [0.29, 0.717) is 6.54 Å². The summed E-state index contributed by atoms with van der Waals surface area (Å²) in [5.41, 5.74) is 5.16. The molecule has 8 heteroatoms. The molecule has 0 bridgehead atoms. The SMILES string of the molecule is CSC1(CNS(=O)(=O)c2cc(N)c(F)cc2Cl)CCC1. The lowest BCUT2D eigenvalue weighted by Gasteiger charge is -2.40. The number of anilines is 1. The second-order valence-corrected chi connectivity index (χ2v) is 8.29. The third-order valence-electron chi connectivity index (χ3n) is 3.62. The van der Waals surface area contributed by atoms with Gasteiger partial charge in [-0.25, -0.2) is 17.5 Å². The lowest BCUT2D eigenvalue weighted by Crippen LogP contribution is -2.45. The highest BCUT2D eigenvalue weighted by molar-refractivity contribution is 8.00. The molecule has 2 rings (SSSR count). The molecule has 4 nitrogen and oxygen atoms in total. The largest absolute Gasteiger partial charge is 0.396 e. The van der Waals surface area contributed by atoms with Gasteiger partial charge in [0.2, 0.25) is 10.0 Å². The van der Waals surface area contributed by atoms with Crippen molar-refractivity contribution in [2.45, 2.75) is 28.9 Å². The van der Waals surface area contributed by atoms with E-state index < -0.39 is 15.8 Å². The number of nitrogens with two attached hydrogens (primary N) is 1. The quantitative estimate of drug-likeness (QED) is 0.809. The Kier molecular flexibility index (Phi) is 4.53. The Morgan fingerprint density at radius 3 is 2.65 bits per heavy atom. The molecule has 0 unspecified atom stereocenters. The first-order valence-electron chi connectivity index (χ1n) is 6.09. The molecular weight excluding hydrogens is 323 g/mol. The maximum atomic E-state index is 13.2. The van der Waals surface area contributed by atoms with Crippen molar-refractivity contribution in [2.24, 2.45) is 0 Å². The Morgan fingerprint density at radius 2 is 2.15 bits per heavy atom. The Bertz CT molecular complexity index is 613. The summed E-state index contributed by atoms with van der Waals surface area (Å²) in [6.07, 6.45) is 5.04. The highest BCUT2D eigenvalue weighted by atomic mass is 35.5. The van der Waals surface area contributed by atoms with Gasteiger partial charge in [0.1, 0.15) is 10.7 Å². The molecule has 0 saturated heterocycles. The van der Waals surface area contributed by atoms with Crippen LogP contribution in [-0.2, 0) is 10.0 Å². The second-order valence-electron chi connectivity index (χ2n) is 4.87. The van der Waals surface area contributed by atoms with Crippen LogP contribution in [0, 0.1) is 5.82 Å². The number of halogens is 2. The van der Waals surface area contributed by atoms with Gasteiger partial charge in [0, 0.05) is 11.3 Å². The predicted octanol–water partition coefficient (Wildman–Crippen LogP) is 2.63. The summed E-state index contributed by atoms with van der Waals surface area (Å²) in [6.45, 7) is 0.337. The minimum Gasteiger partial charge on any atom is -0.396 e. The summed E-state index contributed by atoms with van der Waals surface area (Å²) in [5.74, 6) is -0.728. The molecule has 1 aliphatic carbocycles. The first-order chi connectivity index (χ1) is 9.30. The van der Waals surface area contributed by atoms with E-state index in [0.717, 1.165) is 31.4 Å². The molecule has 3 N–H and O–H groups in total. The van der Waals surface area contributed by atoms with Crippen molar-refractivity contribution in [1.82, 2.24) is 4.72 Å². The number of hydrogen-bond donors (Lipinski definition) is 2. The van der Waals surface area contributed by atoms with Gasteiger partial charge in [0.05, 0.1) is 10.7 Å². The van der Waals surface area contributed by atoms with Gasteiger partial charge in [-0.1, -0.05) is 18.0 Å². The van der Waals surface area contributed by atoms with E-state index in [2.05, 4.69) is 4.72 Å². The minimum atomic E-state index is -3.79. The summed E-state index contributed by atoms with van der Waals surface area (Å²) in [5, 5.41) is -0.170. The van der Waals surface area contributed by atoms with Crippen LogP contribution in [0.15, 0.2) is 17.0 Å². The zero-order valence-corrected chi connectivity index (χ0v) is 13.3. The highest BCUT2D eigenvalue weighted by Crippen LogP contribution is 2.42. The molecule has 0 aromatic heterocycles. The molecule has 1 fully saturated rings. The molecule has 1 aliphatic rings. The van der Waals surface area contributed by atoms with Crippen molar-refractivity contribution in [1.29, 1.82) is 0 Å². The number of hydrogen-bond acceptors (Lipinski definition) is 4. The van der Waals surface area contributed by atoms with Crippen LogP contribution in [0.25, 0.3) is 0 Å². The number of sulfonamides is 1. The Morgan fingerprint density at radius 1 is 1.50 bits per heavy atom. The molecule has 0 heterocycles. The van der Waals surface area contributed by atoms with Crippen LogP contribution >= 0.6 is 23.4 Å². The van der Waals surface area contributed by atoms with Crippen molar-refractivity contribution in [2.75, 3.05) is 18.5 Å². The summed E-state index contributed by atoms with van der Waals surface area (Å²) < 4.78 is 40.2. The normalized spacial score (nSPS) is 17.8. The Labute approximate surface area is 127 Å². The van der Waals surface area contributed by atoms with Crippen molar-refractivity contribution < 1.29 is 12.8 Å². The van der Waals surface area contributed by atoms with E-state index in [-0.39, 0.29) is 20.4 Å². The molecule has 20 heavy (non-hydrogen) atoms. The van der Waals surface area contributed by atoms with Crippen molar-refractivity contribution in [3.63, 3.8) is 0 Å². The molecule has 0 radical (unpaired) electrons. The zero-order chi connectivity index (χ0) is 15.0.